The van der Waals surface area contributed by atoms with Crippen LogP contribution in [0.5, 0.6) is 0 Å². The van der Waals surface area contributed by atoms with Crippen LogP contribution in [-0.4, -0.2) is 67.7 Å². The van der Waals surface area contributed by atoms with E-state index in [9.17, 15) is 24.0 Å². The van der Waals surface area contributed by atoms with E-state index in [1.54, 1.807) is 0 Å². The zero-order valence-electron chi connectivity index (χ0n) is 22.6. The Morgan fingerprint density at radius 2 is 1.55 bits per heavy atom. The van der Waals surface area contributed by atoms with Crippen LogP contribution in [0.25, 0.3) is 0 Å². The van der Waals surface area contributed by atoms with Crippen molar-refractivity contribution in [3.63, 3.8) is 0 Å². The molecule has 38 heavy (non-hydrogen) atoms. The highest BCUT2D eigenvalue weighted by Crippen LogP contribution is 2.65. The Hall–Kier alpha value is -3.17. The van der Waals surface area contributed by atoms with Crippen molar-refractivity contribution in [2.45, 2.75) is 65.2 Å². The van der Waals surface area contributed by atoms with Gasteiger partial charge in [-0.05, 0) is 69.1 Å². The second-order valence-corrected chi connectivity index (χ2v) is 10.8. The fraction of sp³-hybridized carbons (Fsp3) is 0.679. The first-order valence-corrected chi connectivity index (χ1v) is 13.4. The molecule has 3 aliphatic carbocycles. The highest BCUT2D eigenvalue weighted by Gasteiger charge is 2.59. The van der Waals surface area contributed by atoms with Crippen LogP contribution >= 0.6 is 0 Å². The van der Waals surface area contributed by atoms with E-state index in [1.165, 1.54) is 31.6 Å². The Bertz CT molecular complexity index is 976. The van der Waals surface area contributed by atoms with Crippen molar-refractivity contribution in [1.29, 1.82) is 0 Å². The summed E-state index contributed by atoms with van der Waals surface area (Å²) in [5.41, 5.74) is 0.434. The van der Waals surface area contributed by atoms with Gasteiger partial charge in [0, 0.05) is 24.1 Å². The number of carbonyl (C=O) groups excluding carboxylic acids is 5. The van der Waals surface area contributed by atoms with E-state index in [0.29, 0.717) is 24.3 Å². The van der Waals surface area contributed by atoms with Gasteiger partial charge >= 0.3 is 23.9 Å². The van der Waals surface area contributed by atoms with E-state index >= 15 is 0 Å². The average Bonchev–Trinajstić information content (AvgIpc) is 3.60. The number of imide groups is 1. The van der Waals surface area contributed by atoms with Crippen LogP contribution in [0.1, 0.15) is 65.2 Å². The van der Waals surface area contributed by atoms with Crippen LogP contribution in [0.4, 0.5) is 4.79 Å². The van der Waals surface area contributed by atoms with Gasteiger partial charge in [0.05, 0.1) is 13.0 Å². The van der Waals surface area contributed by atoms with E-state index in [0.717, 1.165) is 25.7 Å². The summed E-state index contributed by atoms with van der Waals surface area (Å²) in [6, 6.07) is -0.555. The number of fused-ring (bicyclic) bond motifs is 5. The third kappa shape index (κ3) is 7.23. The lowest BCUT2D eigenvalue weighted by Gasteiger charge is -2.39. The standard InChI is InChI=1S/C28H40N2O8/c1-18(2)25(33)37-13-12-29-27(35)30(17-28-11-10-20(16-28)21-6-5-7-22(21)28)23(31)8-9-24(32)36-14-15-38-26(34)19(3)4/h20-22H,1,3,5-17H2,2,4H3,(H,29,35). The maximum atomic E-state index is 13.2. The molecule has 3 aliphatic rings. The molecule has 0 heterocycles. The van der Waals surface area contributed by atoms with Crippen molar-refractivity contribution < 1.29 is 38.2 Å². The van der Waals surface area contributed by atoms with Crippen molar-refractivity contribution in [2.24, 2.45) is 23.2 Å². The number of hydrogen-bond acceptors (Lipinski definition) is 8. The molecule has 3 amide bonds. The highest BCUT2D eigenvalue weighted by atomic mass is 16.6. The summed E-state index contributed by atoms with van der Waals surface area (Å²) in [7, 11) is 0. The Morgan fingerprint density at radius 3 is 2.24 bits per heavy atom. The van der Waals surface area contributed by atoms with Crippen LogP contribution in [0.3, 0.4) is 0 Å². The molecule has 1 N–H and O–H groups in total. The van der Waals surface area contributed by atoms with Crippen LogP contribution in [0.2, 0.25) is 0 Å². The number of rotatable bonds is 13. The number of ether oxygens (including phenoxy) is 3. The zero-order valence-corrected chi connectivity index (χ0v) is 22.6. The first-order valence-electron chi connectivity index (χ1n) is 13.4. The number of carbonyl (C=O) groups is 5. The highest BCUT2D eigenvalue weighted by molar-refractivity contribution is 5.95. The van der Waals surface area contributed by atoms with Gasteiger partial charge in [-0.15, -0.1) is 0 Å². The van der Waals surface area contributed by atoms with Gasteiger partial charge in [-0.3, -0.25) is 14.5 Å². The summed E-state index contributed by atoms with van der Waals surface area (Å²) in [6.45, 7) is 10.1. The number of nitrogens with one attached hydrogen (secondary N) is 1. The normalized spacial score (nSPS) is 24.7. The van der Waals surface area contributed by atoms with Gasteiger partial charge in [0.25, 0.3) is 0 Å². The van der Waals surface area contributed by atoms with Crippen LogP contribution < -0.4 is 5.32 Å². The molecule has 0 aromatic carbocycles. The number of amides is 3. The average molecular weight is 533 g/mol. The lowest BCUT2D eigenvalue weighted by Crippen LogP contribution is -2.50. The van der Waals surface area contributed by atoms with Crippen molar-refractivity contribution >= 4 is 29.8 Å². The van der Waals surface area contributed by atoms with Crippen molar-refractivity contribution in [1.82, 2.24) is 10.2 Å². The molecule has 4 unspecified atom stereocenters. The molecule has 210 valence electrons. The van der Waals surface area contributed by atoms with Crippen molar-refractivity contribution in [3.05, 3.63) is 24.3 Å². The molecular formula is C28H40N2O8. The minimum atomic E-state index is -0.618. The minimum absolute atomic E-state index is 0.0420. The van der Waals surface area contributed by atoms with Crippen molar-refractivity contribution in [2.75, 3.05) is 32.9 Å². The van der Waals surface area contributed by atoms with Gasteiger partial charge in [0.2, 0.25) is 5.91 Å². The van der Waals surface area contributed by atoms with Gasteiger partial charge in [-0.1, -0.05) is 19.6 Å². The summed E-state index contributed by atoms with van der Waals surface area (Å²) in [4.78, 5) is 62.8. The molecule has 10 nitrogen and oxygen atoms in total. The molecule has 0 aromatic rings. The molecule has 2 bridgehead atoms. The van der Waals surface area contributed by atoms with E-state index < -0.39 is 29.8 Å². The second-order valence-electron chi connectivity index (χ2n) is 10.8. The number of esters is 3. The van der Waals surface area contributed by atoms with Gasteiger partial charge in [-0.2, -0.15) is 0 Å². The molecule has 0 aromatic heterocycles. The first-order chi connectivity index (χ1) is 18.0. The minimum Gasteiger partial charge on any atom is -0.462 e. The summed E-state index contributed by atoms with van der Waals surface area (Å²) in [5.74, 6) is -0.324. The number of hydrogen-bond donors (Lipinski definition) is 1. The Balaban J connectivity index is 1.55. The van der Waals surface area contributed by atoms with Crippen LogP contribution in [-0.2, 0) is 33.4 Å². The first kappa shape index (κ1) is 29.4. The van der Waals surface area contributed by atoms with E-state index in [4.69, 9.17) is 14.2 Å². The smallest absolute Gasteiger partial charge is 0.333 e. The molecular weight excluding hydrogens is 492 g/mol. The predicted molar refractivity (Wildman–Crippen MR) is 137 cm³/mol. The monoisotopic (exact) mass is 532 g/mol. The summed E-state index contributed by atoms with van der Waals surface area (Å²) >= 11 is 0. The molecule has 3 fully saturated rings. The van der Waals surface area contributed by atoms with E-state index in [2.05, 4.69) is 18.5 Å². The quantitative estimate of drug-likeness (QED) is 0.166. The number of urea groups is 1. The Morgan fingerprint density at radius 1 is 0.895 bits per heavy atom. The summed E-state index contributed by atoms with van der Waals surface area (Å²) in [5, 5.41) is 2.68. The van der Waals surface area contributed by atoms with Crippen LogP contribution in [0, 0.1) is 23.2 Å². The largest absolute Gasteiger partial charge is 0.462 e. The predicted octanol–water partition coefficient (Wildman–Crippen LogP) is 3.30. The molecule has 0 saturated heterocycles. The summed E-state index contributed by atoms with van der Waals surface area (Å²) < 4.78 is 15.0. The topological polar surface area (TPSA) is 128 Å². The maximum absolute atomic E-state index is 13.2. The lowest BCUT2D eigenvalue weighted by molar-refractivity contribution is -0.151. The van der Waals surface area contributed by atoms with E-state index in [-0.39, 0.29) is 55.8 Å². The molecule has 4 atom stereocenters. The van der Waals surface area contributed by atoms with Crippen molar-refractivity contribution in [3.8, 4) is 0 Å². The van der Waals surface area contributed by atoms with Gasteiger partial charge < -0.3 is 19.5 Å². The van der Waals surface area contributed by atoms with Gasteiger partial charge in [0.1, 0.15) is 19.8 Å². The molecule has 0 aliphatic heterocycles. The zero-order chi connectivity index (χ0) is 27.9. The number of nitrogens with zero attached hydrogens (tertiary/aromatic N) is 1. The van der Waals surface area contributed by atoms with Crippen LogP contribution in [0.15, 0.2) is 24.3 Å². The molecule has 3 rings (SSSR count). The summed E-state index contributed by atoms with van der Waals surface area (Å²) in [6.07, 6.45) is 6.31. The van der Waals surface area contributed by atoms with Gasteiger partial charge in [-0.25, -0.2) is 14.4 Å². The van der Waals surface area contributed by atoms with E-state index in [1.807, 2.05) is 0 Å². The third-order valence-corrected chi connectivity index (χ3v) is 8.09. The molecule has 3 saturated carbocycles. The lowest BCUT2D eigenvalue weighted by atomic mass is 9.71. The second kappa shape index (κ2) is 13.1. The third-order valence-electron chi connectivity index (χ3n) is 8.09. The van der Waals surface area contributed by atoms with Gasteiger partial charge in [0.15, 0.2) is 0 Å². The Labute approximate surface area is 224 Å². The maximum Gasteiger partial charge on any atom is 0.333 e. The molecule has 0 spiro atoms. The SMILES string of the molecule is C=C(C)C(=O)OCCNC(=O)N(CC12CCC(C1)C1CCCC12)C(=O)CCC(=O)OCCOC(=O)C(=C)C. The molecule has 0 radical (unpaired) electrons. The molecule has 10 heteroatoms. The Kier molecular flexibility index (Phi) is 10.1. The fourth-order valence-corrected chi connectivity index (χ4v) is 6.41. The fourth-order valence-electron chi connectivity index (χ4n) is 6.41.